The van der Waals surface area contributed by atoms with Gasteiger partial charge >= 0.3 is 0 Å². The summed E-state index contributed by atoms with van der Waals surface area (Å²) in [7, 11) is 0. The topological polar surface area (TPSA) is 24.1 Å². The van der Waals surface area contributed by atoms with Crippen LogP contribution in [0, 0.1) is 0 Å². The molecule has 1 atom stereocenters. The van der Waals surface area contributed by atoms with E-state index in [9.17, 15) is 0 Å². The normalized spacial score (nSPS) is 11.9. The lowest BCUT2D eigenvalue weighted by Gasteiger charge is -2.17. The number of thiocarbonyl (C=S) groups is 1. The van der Waals surface area contributed by atoms with Crippen molar-refractivity contribution < 1.29 is 0 Å². The van der Waals surface area contributed by atoms with Gasteiger partial charge in [-0.2, -0.15) is 0 Å². The van der Waals surface area contributed by atoms with E-state index in [1.165, 1.54) is 5.56 Å². The Morgan fingerprint density at radius 2 is 2.00 bits per heavy atom. The third-order valence-corrected chi connectivity index (χ3v) is 3.13. The lowest BCUT2D eigenvalue weighted by Crippen LogP contribution is -2.29. The highest BCUT2D eigenvalue weighted by Crippen LogP contribution is 2.26. The first-order valence-electron chi connectivity index (χ1n) is 6.32. The van der Waals surface area contributed by atoms with Gasteiger partial charge in [-0.1, -0.05) is 39.0 Å². The lowest BCUT2D eigenvalue weighted by molar-refractivity contribution is 0.735. The van der Waals surface area contributed by atoms with Crippen LogP contribution in [0.2, 0.25) is 0 Å². The van der Waals surface area contributed by atoms with E-state index in [4.69, 9.17) is 12.2 Å². The van der Waals surface area contributed by atoms with Crippen molar-refractivity contribution in [2.24, 2.45) is 0 Å². The molecule has 0 fully saturated rings. The highest BCUT2D eigenvalue weighted by molar-refractivity contribution is 7.80. The zero-order valence-corrected chi connectivity index (χ0v) is 11.7. The SMILES string of the molecule is CCCNC(=S)Nc1ccccc1C(C)CC. The van der Waals surface area contributed by atoms with Gasteiger partial charge in [0.05, 0.1) is 0 Å². The van der Waals surface area contributed by atoms with Crippen molar-refractivity contribution in [3.8, 4) is 0 Å². The fraction of sp³-hybridized carbons (Fsp3) is 0.500. The van der Waals surface area contributed by atoms with Crippen LogP contribution >= 0.6 is 12.2 Å². The zero-order chi connectivity index (χ0) is 12.7. The van der Waals surface area contributed by atoms with Gasteiger partial charge in [-0.15, -0.1) is 0 Å². The van der Waals surface area contributed by atoms with Crippen LogP contribution in [0.15, 0.2) is 24.3 Å². The average molecular weight is 250 g/mol. The molecular weight excluding hydrogens is 228 g/mol. The number of para-hydroxylation sites is 1. The standard InChI is InChI=1S/C14H22N2S/c1-4-10-15-14(17)16-13-9-7-6-8-12(13)11(3)5-2/h6-9,11H,4-5,10H2,1-3H3,(H2,15,16,17). The number of rotatable bonds is 5. The Hall–Kier alpha value is -1.09. The minimum absolute atomic E-state index is 0.549. The molecule has 2 nitrogen and oxygen atoms in total. The van der Waals surface area contributed by atoms with E-state index in [1.807, 2.05) is 6.07 Å². The summed E-state index contributed by atoms with van der Waals surface area (Å²) in [6, 6.07) is 8.37. The van der Waals surface area contributed by atoms with Crippen molar-refractivity contribution in [1.82, 2.24) is 5.32 Å². The summed E-state index contributed by atoms with van der Waals surface area (Å²) in [4.78, 5) is 0. The van der Waals surface area contributed by atoms with Gasteiger partial charge in [0.25, 0.3) is 0 Å². The second-order valence-corrected chi connectivity index (χ2v) is 4.69. The maximum atomic E-state index is 5.26. The van der Waals surface area contributed by atoms with E-state index in [2.05, 4.69) is 49.6 Å². The Kier molecular flexibility index (Phi) is 5.98. The minimum Gasteiger partial charge on any atom is -0.362 e. The Morgan fingerprint density at radius 1 is 1.29 bits per heavy atom. The van der Waals surface area contributed by atoms with Crippen LogP contribution in [-0.2, 0) is 0 Å². The van der Waals surface area contributed by atoms with Crippen molar-refractivity contribution in [2.75, 3.05) is 11.9 Å². The smallest absolute Gasteiger partial charge is 0.170 e. The summed E-state index contributed by atoms with van der Waals surface area (Å²) in [5, 5.41) is 7.18. The molecule has 1 rings (SSSR count). The lowest BCUT2D eigenvalue weighted by atomic mass is 9.97. The van der Waals surface area contributed by atoms with Crippen LogP contribution in [-0.4, -0.2) is 11.7 Å². The summed E-state index contributed by atoms with van der Waals surface area (Å²) in [5.74, 6) is 0.549. The second kappa shape index (κ2) is 7.28. The maximum Gasteiger partial charge on any atom is 0.170 e. The number of benzene rings is 1. The molecule has 17 heavy (non-hydrogen) atoms. The molecule has 1 aromatic rings. The first kappa shape index (κ1) is 14.0. The van der Waals surface area contributed by atoms with Crippen LogP contribution in [0.25, 0.3) is 0 Å². The summed E-state index contributed by atoms with van der Waals surface area (Å²) < 4.78 is 0. The first-order chi connectivity index (χ1) is 8.19. The molecule has 94 valence electrons. The number of anilines is 1. The van der Waals surface area contributed by atoms with Crippen molar-refractivity contribution in [2.45, 2.75) is 39.5 Å². The van der Waals surface area contributed by atoms with Crippen LogP contribution in [0.5, 0.6) is 0 Å². The monoisotopic (exact) mass is 250 g/mol. The fourth-order valence-electron chi connectivity index (χ4n) is 1.67. The molecule has 0 saturated carbocycles. The largest absolute Gasteiger partial charge is 0.362 e. The van der Waals surface area contributed by atoms with Crippen molar-refractivity contribution in [3.05, 3.63) is 29.8 Å². The van der Waals surface area contributed by atoms with Crippen molar-refractivity contribution >= 4 is 23.0 Å². The molecule has 2 N–H and O–H groups in total. The summed E-state index contributed by atoms with van der Waals surface area (Å²) >= 11 is 5.26. The van der Waals surface area contributed by atoms with E-state index in [0.29, 0.717) is 11.0 Å². The molecule has 0 radical (unpaired) electrons. The van der Waals surface area contributed by atoms with Crippen molar-refractivity contribution in [1.29, 1.82) is 0 Å². The van der Waals surface area contributed by atoms with Gasteiger partial charge in [0, 0.05) is 12.2 Å². The minimum atomic E-state index is 0.549. The molecule has 0 aliphatic heterocycles. The van der Waals surface area contributed by atoms with E-state index in [-0.39, 0.29) is 0 Å². The molecule has 0 bridgehead atoms. The van der Waals surface area contributed by atoms with E-state index in [1.54, 1.807) is 0 Å². The zero-order valence-electron chi connectivity index (χ0n) is 10.9. The number of hydrogen-bond acceptors (Lipinski definition) is 1. The molecule has 0 amide bonds. The molecule has 3 heteroatoms. The van der Waals surface area contributed by atoms with Crippen LogP contribution in [0.3, 0.4) is 0 Å². The third-order valence-electron chi connectivity index (χ3n) is 2.89. The predicted molar refractivity (Wildman–Crippen MR) is 79.7 cm³/mol. The van der Waals surface area contributed by atoms with E-state index < -0.39 is 0 Å². The summed E-state index contributed by atoms with van der Waals surface area (Å²) in [6.45, 7) is 7.48. The van der Waals surface area contributed by atoms with Crippen LogP contribution < -0.4 is 10.6 Å². The molecular formula is C14H22N2S. The van der Waals surface area contributed by atoms with Gasteiger partial charge in [0.2, 0.25) is 0 Å². The number of hydrogen-bond donors (Lipinski definition) is 2. The molecule has 1 unspecified atom stereocenters. The van der Waals surface area contributed by atoms with Gasteiger partial charge in [0.15, 0.2) is 5.11 Å². The molecule has 1 aromatic carbocycles. The molecule has 0 heterocycles. The molecule has 0 saturated heterocycles. The summed E-state index contributed by atoms with van der Waals surface area (Å²) in [6.07, 6.45) is 2.21. The predicted octanol–water partition coefficient (Wildman–Crippen LogP) is 3.90. The van der Waals surface area contributed by atoms with Crippen LogP contribution in [0.1, 0.15) is 45.1 Å². The Balaban J connectivity index is 2.73. The van der Waals surface area contributed by atoms with Gasteiger partial charge in [-0.05, 0) is 42.6 Å². The van der Waals surface area contributed by atoms with Crippen molar-refractivity contribution in [3.63, 3.8) is 0 Å². The molecule has 0 aliphatic carbocycles. The van der Waals surface area contributed by atoms with Crippen LogP contribution in [0.4, 0.5) is 5.69 Å². The second-order valence-electron chi connectivity index (χ2n) is 4.28. The molecule has 0 aliphatic rings. The maximum absolute atomic E-state index is 5.26. The molecule has 0 aromatic heterocycles. The van der Waals surface area contributed by atoms with Gasteiger partial charge in [0.1, 0.15) is 0 Å². The van der Waals surface area contributed by atoms with Gasteiger partial charge in [-0.25, -0.2) is 0 Å². The highest BCUT2D eigenvalue weighted by Gasteiger charge is 2.08. The van der Waals surface area contributed by atoms with E-state index in [0.717, 1.165) is 25.1 Å². The average Bonchev–Trinajstić information content (AvgIpc) is 2.36. The van der Waals surface area contributed by atoms with Gasteiger partial charge in [-0.3, -0.25) is 0 Å². The summed E-state index contributed by atoms with van der Waals surface area (Å²) in [5.41, 5.74) is 2.45. The Labute approximate surface area is 110 Å². The number of nitrogens with one attached hydrogen (secondary N) is 2. The van der Waals surface area contributed by atoms with E-state index >= 15 is 0 Å². The fourth-order valence-corrected chi connectivity index (χ4v) is 1.88. The Morgan fingerprint density at radius 3 is 2.65 bits per heavy atom. The Bertz CT molecular complexity index is 363. The first-order valence-corrected chi connectivity index (χ1v) is 6.73. The van der Waals surface area contributed by atoms with Gasteiger partial charge < -0.3 is 10.6 Å². The quantitative estimate of drug-likeness (QED) is 0.775. The third kappa shape index (κ3) is 4.35. The molecule has 0 spiro atoms. The highest BCUT2D eigenvalue weighted by atomic mass is 32.1.